The zero-order chi connectivity index (χ0) is 25.3. The van der Waals surface area contributed by atoms with Crippen LogP contribution in [0.15, 0.2) is 35.3 Å². The van der Waals surface area contributed by atoms with Gasteiger partial charge in [-0.25, -0.2) is 9.18 Å². The molecule has 0 radical (unpaired) electrons. The van der Waals surface area contributed by atoms with Crippen LogP contribution in [0.5, 0.6) is 5.75 Å². The minimum Gasteiger partial charge on any atom is -0.492 e. The fourth-order valence-corrected chi connectivity index (χ4v) is 4.39. The van der Waals surface area contributed by atoms with Crippen LogP contribution in [0.4, 0.5) is 27.1 Å². The van der Waals surface area contributed by atoms with E-state index in [0.717, 1.165) is 24.2 Å². The summed E-state index contributed by atoms with van der Waals surface area (Å²) < 4.78 is 22.7. The van der Waals surface area contributed by atoms with Gasteiger partial charge in [0.05, 0.1) is 35.1 Å². The summed E-state index contributed by atoms with van der Waals surface area (Å²) in [5, 5.41) is 15.6. The van der Waals surface area contributed by atoms with Gasteiger partial charge in [0.1, 0.15) is 11.3 Å². The number of hydrogen-bond acceptors (Lipinski definition) is 7. The molecular weight excluding hydrogens is 453 g/mol. The van der Waals surface area contributed by atoms with Crippen LogP contribution in [-0.2, 0) is 0 Å². The Labute approximate surface area is 202 Å². The molecule has 1 fully saturated rings. The molecule has 0 atom stereocenters. The first kappa shape index (κ1) is 24.2. The molecule has 0 saturated heterocycles. The van der Waals surface area contributed by atoms with Gasteiger partial charge >= 0.3 is 5.97 Å². The van der Waals surface area contributed by atoms with Crippen molar-refractivity contribution >= 4 is 39.6 Å². The highest BCUT2D eigenvalue weighted by Gasteiger charge is 2.31. The molecule has 0 unspecified atom stereocenters. The summed E-state index contributed by atoms with van der Waals surface area (Å²) in [5.41, 5.74) is 6.86. The monoisotopic (exact) mass is 483 g/mol. The number of ether oxygens (including phenoxy) is 1. The molecule has 0 bridgehead atoms. The van der Waals surface area contributed by atoms with Crippen LogP contribution in [0.25, 0.3) is 10.9 Å². The van der Waals surface area contributed by atoms with E-state index >= 15 is 4.39 Å². The van der Waals surface area contributed by atoms with E-state index in [1.807, 2.05) is 38.4 Å². The van der Waals surface area contributed by atoms with Crippen molar-refractivity contribution in [3.8, 4) is 5.75 Å². The number of halogens is 1. The Kier molecular flexibility index (Phi) is 6.72. The molecule has 35 heavy (non-hydrogen) atoms. The van der Waals surface area contributed by atoms with E-state index < -0.39 is 22.8 Å². The van der Waals surface area contributed by atoms with Gasteiger partial charge in [-0.3, -0.25) is 4.79 Å². The molecule has 5 N–H and O–H groups in total. The van der Waals surface area contributed by atoms with Gasteiger partial charge in [0.2, 0.25) is 5.43 Å². The number of para-hydroxylation sites is 2. The lowest BCUT2D eigenvalue weighted by atomic mass is 10.1. The molecule has 3 aromatic rings. The second kappa shape index (κ2) is 9.73. The maximum absolute atomic E-state index is 15.4. The minimum absolute atomic E-state index is 0.00343. The van der Waals surface area contributed by atoms with Gasteiger partial charge in [-0.15, -0.1) is 0 Å². The number of nitrogens with one attached hydrogen (secondary N) is 2. The molecular formula is C25H30FN5O4. The number of aromatic nitrogens is 1. The van der Waals surface area contributed by atoms with E-state index in [0.29, 0.717) is 25.0 Å². The second-order valence-corrected chi connectivity index (χ2v) is 8.64. The van der Waals surface area contributed by atoms with E-state index in [2.05, 4.69) is 15.5 Å². The molecule has 1 aromatic heterocycles. The lowest BCUT2D eigenvalue weighted by Crippen LogP contribution is -2.23. The molecule has 10 heteroatoms. The van der Waals surface area contributed by atoms with Crippen LogP contribution >= 0.6 is 0 Å². The Bertz CT molecular complexity index is 1340. The van der Waals surface area contributed by atoms with Crippen molar-refractivity contribution in [2.24, 2.45) is 0 Å². The number of pyridine rings is 1. The predicted octanol–water partition coefficient (Wildman–Crippen LogP) is 3.74. The Morgan fingerprint density at radius 1 is 1.34 bits per heavy atom. The van der Waals surface area contributed by atoms with Crippen molar-refractivity contribution in [1.29, 1.82) is 0 Å². The number of carboxylic acids is 1. The Balaban J connectivity index is 1.65. The van der Waals surface area contributed by atoms with Crippen LogP contribution in [0.2, 0.25) is 0 Å². The van der Waals surface area contributed by atoms with Crippen molar-refractivity contribution in [2.45, 2.75) is 25.3 Å². The molecule has 1 saturated carbocycles. The van der Waals surface area contributed by atoms with Crippen molar-refractivity contribution in [3.05, 3.63) is 52.1 Å². The number of benzene rings is 2. The highest BCUT2D eigenvalue weighted by molar-refractivity contribution is 6.03. The number of carbonyl (C=O) groups is 1. The number of fused-ring (bicyclic) bond motifs is 1. The summed E-state index contributed by atoms with van der Waals surface area (Å²) in [7, 11) is 5.25. The topological polar surface area (TPSA) is 122 Å². The fraction of sp³-hybridized carbons (Fsp3) is 0.360. The SMILES string of the molecule is CNc1ccccc1N(C)CCCNc1c(F)c(N)c2c(=O)c(C(=O)O)cn(C3CC3)c2c1OC. The van der Waals surface area contributed by atoms with Crippen molar-refractivity contribution in [3.63, 3.8) is 0 Å². The minimum atomic E-state index is -1.38. The Hall–Kier alpha value is -3.95. The first-order valence-electron chi connectivity index (χ1n) is 11.5. The average Bonchev–Trinajstić information content (AvgIpc) is 3.69. The molecule has 4 rings (SSSR count). The number of nitrogens with two attached hydrogens (primary N) is 1. The van der Waals surface area contributed by atoms with Gasteiger partial charge in [0, 0.05) is 39.4 Å². The summed E-state index contributed by atoms with van der Waals surface area (Å²) in [6.45, 7) is 1.12. The van der Waals surface area contributed by atoms with Crippen LogP contribution in [0, 0.1) is 5.82 Å². The smallest absolute Gasteiger partial charge is 0.341 e. The number of methoxy groups -OCH3 is 1. The molecule has 9 nitrogen and oxygen atoms in total. The van der Waals surface area contributed by atoms with Crippen LogP contribution in [0.3, 0.4) is 0 Å². The highest BCUT2D eigenvalue weighted by atomic mass is 19.1. The van der Waals surface area contributed by atoms with Crippen molar-refractivity contribution in [1.82, 2.24) is 4.57 Å². The lowest BCUT2D eigenvalue weighted by molar-refractivity contribution is 0.0695. The van der Waals surface area contributed by atoms with Crippen LogP contribution < -0.4 is 31.4 Å². The van der Waals surface area contributed by atoms with Crippen LogP contribution in [-0.4, -0.2) is 49.9 Å². The maximum atomic E-state index is 15.4. The molecule has 0 spiro atoms. The number of aromatic carboxylic acids is 1. The first-order chi connectivity index (χ1) is 16.8. The summed E-state index contributed by atoms with van der Waals surface area (Å²) in [5.74, 6) is -2.07. The van der Waals surface area contributed by atoms with E-state index in [1.54, 1.807) is 4.57 Å². The molecule has 1 heterocycles. The summed E-state index contributed by atoms with van der Waals surface area (Å²) >= 11 is 0. The second-order valence-electron chi connectivity index (χ2n) is 8.64. The highest BCUT2D eigenvalue weighted by Crippen LogP contribution is 2.44. The third-order valence-electron chi connectivity index (χ3n) is 6.33. The van der Waals surface area contributed by atoms with Gasteiger partial charge in [-0.05, 0) is 31.4 Å². The average molecular weight is 484 g/mol. The number of carboxylic acid groups (broad SMARTS) is 1. The van der Waals surface area contributed by atoms with E-state index in [4.69, 9.17) is 10.5 Å². The molecule has 0 amide bonds. The zero-order valence-corrected chi connectivity index (χ0v) is 20.0. The number of hydrogen-bond donors (Lipinski definition) is 4. The lowest BCUT2D eigenvalue weighted by Gasteiger charge is -2.23. The van der Waals surface area contributed by atoms with E-state index in [-0.39, 0.29) is 28.6 Å². The van der Waals surface area contributed by atoms with Gasteiger partial charge in [-0.2, -0.15) is 0 Å². The maximum Gasteiger partial charge on any atom is 0.341 e. The molecule has 0 aliphatic heterocycles. The van der Waals surface area contributed by atoms with Gasteiger partial charge in [0.25, 0.3) is 0 Å². The van der Waals surface area contributed by atoms with E-state index in [1.165, 1.54) is 13.3 Å². The summed E-state index contributed by atoms with van der Waals surface area (Å²) in [6, 6.07) is 7.96. The summed E-state index contributed by atoms with van der Waals surface area (Å²) in [4.78, 5) is 26.7. The molecule has 1 aliphatic carbocycles. The molecule has 1 aliphatic rings. The van der Waals surface area contributed by atoms with Gasteiger partial charge in [0.15, 0.2) is 11.6 Å². The molecule has 186 valence electrons. The quantitative estimate of drug-likeness (QED) is 0.254. The van der Waals surface area contributed by atoms with Crippen LogP contribution in [0.1, 0.15) is 35.7 Å². The third kappa shape index (κ3) is 4.43. The van der Waals surface area contributed by atoms with Gasteiger partial charge in [-0.1, -0.05) is 12.1 Å². The number of anilines is 4. The Morgan fingerprint density at radius 3 is 2.69 bits per heavy atom. The Morgan fingerprint density at radius 2 is 2.06 bits per heavy atom. The first-order valence-corrected chi connectivity index (χ1v) is 11.5. The standard InChI is InChI=1S/C25H30FN5O4/c1-28-16-7-4-5-8-17(16)30(2)12-6-11-29-21-19(26)20(27)18-22(24(21)35-3)31(14-9-10-14)13-15(23(18)32)25(33)34/h4-5,7-8,13-14,28-29H,6,9-12,27H2,1-3H3,(H,33,34). The normalized spacial score (nSPS) is 13.0. The van der Waals surface area contributed by atoms with E-state index in [9.17, 15) is 14.7 Å². The number of rotatable bonds is 10. The number of nitrogens with zero attached hydrogens (tertiary/aromatic N) is 2. The molecule has 2 aromatic carbocycles. The van der Waals surface area contributed by atoms with Crippen molar-refractivity contribution in [2.75, 3.05) is 55.6 Å². The van der Waals surface area contributed by atoms with Gasteiger partial charge < -0.3 is 35.7 Å². The number of nitrogen functional groups attached to an aromatic ring is 1. The fourth-order valence-electron chi connectivity index (χ4n) is 4.39. The zero-order valence-electron chi connectivity index (χ0n) is 20.0. The summed E-state index contributed by atoms with van der Waals surface area (Å²) in [6.07, 6.45) is 3.63. The van der Waals surface area contributed by atoms with Crippen molar-refractivity contribution < 1.29 is 19.0 Å². The predicted molar refractivity (Wildman–Crippen MR) is 137 cm³/mol. The third-order valence-corrected chi connectivity index (χ3v) is 6.33. The largest absolute Gasteiger partial charge is 0.492 e.